The van der Waals surface area contributed by atoms with Gasteiger partial charge in [0, 0.05) is 45.3 Å². The van der Waals surface area contributed by atoms with E-state index in [0.717, 1.165) is 51.5 Å². The van der Waals surface area contributed by atoms with Crippen molar-refractivity contribution in [1.29, 1.82) is 0 Å². The van der Waals surface area contributed by atoms with Crippen molar-refractivity contribution in [1.82, 2.24) is 14.7 Å². The van der Waals surface area contributed by atoms with Gasteiger partial charge in [-0.05, 0) is 32.1 Å². The molecule has 1 aliphatic carbocycles. The van der Waals surface area contributed by atoms with E-state index in [4.69, 9.17) is 5.73 Å². The third-order valence-corrected chi connectivity index (χ3v) is 6.02. The number of rotatable bonds is 2. The zero-order valence-corrected chi connectivity index (χ0v) is 14.8. The van der Waals surface area contributed by atoms with Gasteiger partial charge >= 0.3 is 6.03 Å². The van der Waals surface area contributed by atoms with Gasteiger partial charge in [0.1, 0.15) is 0 Å². The number of hydrogen-bond donors (Lipinski definition) is 1. The Morgan fingerprint density at radius 1 is 0.750 bits per heavy atom. The molecule has 0 aromatic heterocycles. The lowest BCUT2D eigenvalue weighted by Gasteiger charge is -2.35. The minimum absolute atomic E-state index is 0.0625. The average Bonchev–Trinajstić information content (AvgIpc) is 2.88. The number of amides is 3. The summed E-state index contributed by atoms with van der Waals surface area (Å²) in [6.07, 6.45) is 9.56. The molecule has 3 rings (SSSR count). The van der Waals surface area contributed by atoms with Crippen molar-refractivity contribution < 1.29 is 9.59 Å². The zero-order chi connectivity index (χ0) is 16.9. The summed E-state index contributed by atoms with van der Waals surface area (Å²) in [5.41, 5.74) is 5.39. The molecule has 0 radical (unpaired) electrons. The van der Waals surface area contributed by atoms with Crippen LogP contribution in [0.2, 0.25) is 0 Å². The third kappa shape index (κ3) is 4.21. The normalized spacial score (nSPS) is 27.8. The Hall–Kier alpha value is -1.30. The summed E-state index contributed by atoms with van der Waals surface area (Å²) in [7, 11) is 0. The van der Waals surface area contributed by atoms with Crippen LogP contribution in [0.3, 0.4) is 0 Å². The highest BCUT2D eigenvalue weighted by molar-refractivity contribution is 5.80. The van der Waals surface area contributed by atoms with Crippen molar-refractivity contribution in [2.45, 2.75) is 57.4 Å². The van der Waals surface area contributed by atoms with E-state index in [1.165, 1.54) is 32.1 Å². The summed E-state index contributed by atoms with van der Waals surface area (Å²) in [6, 6.07) is 0.334. The lowest BCUT2D eigenvalue weighted by atomic mass is 9.94. The molecular formula is C18H32N4O2. The lowest BCUT2D eigenvalue weighted by molar-refractivity contribution is -0.136. The Kier molecular flexibility index (Phi) is 5.98. The molecule has 0 aromatic rings. The van der Waals surface area contributed by atoms with Gasteiger partial charge in [-0.1, -0.05) is 19.3 Å². The predicted molar refractivity (Wildman–Crippen MR) is 93.5 cm³/mol. The number of urea groups is 1. The zero-order valence-electron chi connectivity index (χ0n) is 14.8. The largest absolute Gasteiger partial charge is 0.351 e. The molecule has 24 heavy (non-hydrogen) atoms. The summed E-state index contributed by atoms with van der Waals surface area (Å²) in [6.45, 7) is 5.00. The Morgan fingerprint density at radius 2 is 1.50 bits per heavy atom. The number of primary amides is 1. The maximum atomic E-state index is 12.9. The van der Waals surface area contributed by atoms with E-state index < -0.39 is 6.03 Å². The minimum atomic E-state index is -0.396. The smallest absolute Gasteiger partial charge is 0.314 e. The topological polar surface area (TPSA) is 69.9 Å². The van der Waals surface area contributed by atoms with Gasteiger partial charge in [0.2, 0.25) is 5.91 Å². The van der Waals surface area contributed by atoms with Crippen molar-refractivity contribution in [2.75, 3.05) is 39.3 Å². The van der Waals surface area contributed by atoms with E-state index >= 15 is 0 Å². The molecule has 6 nitrogen and oxygen atoms in total. The Bertz CT molecular complexity index is 450. The van der Waals surface area contributed by atoms with E-state index in [-0.39, 0.29) is 11.8 Å². The van der Waals surface area contributed by atoms with Crippen molar-refractivity contribution in [3.8, 4) is 0 Å². The van der Waals surface area contributed by atoms with Crippen LogP contribution < -0.4 is 5.73 Å². The molecule has 2 aliphatic heterocycles. The average molecular weight is 336 g/mol. The highest BCUT2D eigenvalue weighted by atomic mass is 16.2. The maximum Gasteiger partial charge on any atom is 0.314 e. The van der Waals surface area contributed by atoms with Crippen molar-refractivity contribution >= 4 is 11.9 Å². The molecule has 3 amide bonds. The van der Waals surface area contributed by atoms with E-state index in [0.29, 0.717) is 13.1 Å². The van der Waals surface area contributed by atoms with E-state index in [1.54, 1.807) is 4.90 Å². The second-order valence-electron chi connectivity index (χ2n) is 7.63. The van der Waals surface area contributed by atoms with Crippen LogP contribution in [0.25, 0.3) is 0 Å². The van der Waals surface area contributed by atoms with Crippen LogP contribution in [0.4, 0.5) is 4.79 Å². The van der Waals surface area contributed by atoms with Gasteiger partial charge in [0.25, 0.3) is 0 Å². The first kappa shape index (κ1) is 17.5. The predicted octanol–water partition coefficient (Wildman–Crippen LogP) is 1.64. The number of carbonyl (C=O) groups is 2. The number of likely N-dealkylation sites (tertiary alicyclic amines) is 1. The summed E-state index contributed by atoms with van der Waals surface area (Å²) in [4.78, 5) is 30.6. The molecule has 2 saturated heterocycles. The van der Waals surface area contributed by atoms with Gasteiger partial charge < -0.3 is 15.5 Å². The van der Waals surface area contributed by atoms with Crippen molar-refractivity contribution in [2.24, 2.45) is 11.7 Å². The molecule has 2 N–H and O–H groups in total. The second kappa shape index (κ2) is 8.19. The molecule has 136 valence electrons. The molecule has 1 unspecified atom stereocenters. The van der Waals surface area contributed by atoms with Crippen LogP contribution in [0.15, 0.2) is 0 Å². The molecule has 0 bridgehead atoms. The molecule has 0 aromatic carbocycles. The van der Waals surface area contributed by atoms with Crippen molar-refractivity contribution in [3.63, 3.8) is 0 Å². The summed E-state index contributed by atoms with van der Waals surface area (Å²) < 4.78 is 0. The summed E-state index contributed by atoms with van der Waals surface area (Å²) in [5, 5.41) is 0. The molecule has 3 aliphatic rings. The Morgan fingerprint density at radius 3 is 2.25 bits per heavy atom. The fraction of sp³-hybridized carbons (Fsp3) is 0.889. The number of hydrogen-bond acceptors (Lipinski definition) is 3. The molecule has 2 heterocycles. The van der Waals surface area contributed by atoms with Crippen LogP contribution >= 0.6 is 0 Å². The first-order chi connectivity index (χ1) is 11.6. The molecule has 0 spiro atoms. The number of piperidine rings is 1. The fourth-order valence-corrected chi connectivity index (χ4v) is 4.61. The molecule has 3 fully saturated rings. The minimum Gasteiger partial charge on any atom is -0.351 e. The third-order valence-electron chi connectivity index (χ3n) is 6.02. The van der Waals surface area contributed by atoms with Crippen LogP contribution in [-0.2, 0) is 4.79 Å². The number of carbonyl (C=O) groups excluding carboxylic acids is 2. The SMILES string of the molecule is NC(=O)N1CCCC(C(=O)N2CCCN(C3CCCCC3)CC2)C1. The van der Waals surface area contributed by atoms with Gasteiger partial charge in [0.05, 0.1) is 5.92 Å². The van der Waals surface area contributed by atoms with Crippen molar-refractivity contribution in [3.05, 3.63) is 0 Å². The van der Waals surface area contributed by atoms with Gasteiger partial charge in [0.15, 0.2) is 0 Å². The maximum absolute atomic E-state index is 12.9. The second-order valence-corrected chi connectivity index (χ2v) is 7.63. The number of nitrogens with zero attached hydrogens (tertiary/aromatic N) is 3. The first-order valence-electron chi connectivity index (χ1n) is 9.72. The van der Waals surface area contributed by atoms with Gasteiger partial charge in [-0.25, -0.2) is 4.79 Å². The van der Waals surface area contributed by atoms with Crippen LogP contribution in [0, 0.1) is 5.92 Å². The highest BCUT2D eigenvalue weighted by Crippen LogP contribution is 2.24. The van der Waals surface area contributed by atoms with E-state index in [2.05, 4.69) is 4.90 Å². The molecular weight excluding hydrogens is 304 g/mol. The van der Waals surface area contributed by atoms with Gasteiger partial charge in [-0.15, -0.1) is 0 Å². The molecule has 6 heteroatoms. The van der Waals surface area contributed by atoms with Crippen LogP contribution in [0.1, 0.15) is 51.4 Å². The lowest BCUT2D eigenvalue weighted by Crippen LogP contribution is -2.49. The first-order valence-corrected chi connectivity index (χ1v) is 9.72. The quantitative estimate of drug-likeness (QED) is 0.833. The van der Waals surface area contributed by atoms with Gasteiger partial charge in [-0.3, -0.25) is 9.69 Å². The molecule has 1 atom stereocenters. The van der Waals surface area contributed by atoms with E-state index in [1.807, 2.05) is 4.90 Å². The van der Waals surface area contributed by atoms with Gasteiger partial charge in [-0.2, -0.15) is 0 Å². The summed E-state index contributed by atoms with van der Waals surface area (Å²) in [5.74, 6) is 0.166. The monoisotopic (exact) mass is 336 g/mol. The highest BCUT2D eigenvalue weighted by Gasteiger charge is 2.32. The molecule has 1 saturated carbocycles. The van der Waals surface area contributed by atoms with Crippen LogP contribution in [-0.4, -0.2) is 71.9 Å². The summed E-state index contributed by atoms with van der Waals surface area (Å²) >= 11 is 0. The van der Waals surface area contributed by atoms with Crippen LogP contribution in [0.5, 0.6) is 0 Å². The number of nitrogens with two attached hydrogens (primary N) is 1. The Balaban J connectivity index is 1.53. The standard InChI is InChI=1S/C18H32N4O2/c19-18(24)22-9-4-6-15(14-22)17(23)21-11-5-10-20(12-13-21)16-7-2-1-3-8-16/h15-16H,1-14H2,(H2,19,24). The van der Waals surface area contributed by atoms with E-state index in [9.17, 15) is 9.59 Å². The fourth-order valence-electron chi connectivity index (χ4n) is 4.61. The Labute approximate surface area is 145 Å².